The molecule has 3 aliphatic heterocycles. The van der Waals surface area contributed by atoms with Gasteiger partial charge in [0.1, 0.15) is 5.71 Å². The summed E-state index contributed by atoms with van der Waals surface area (Å²) in [5.74, 6) is 0.520. The fourth-order valence-corrected chi connectivity index (χ4v) is 4.02. The van der Waals surface area contributed by atoms with E-state index < -0.39 is 0 Å². The van der Waals surface area contributed by atoms with E-state index in [0.717, 1.165) is 63.5 Å². The van der Waals surface area contributed by atoms with Crippen molar-refractivity contribution in [2.45, 2.75) is 44.8 Å². The predicted molar refractivity (Wildman–Crippen MR) is 99.1 cm³/mol. The first kappa shape index (κ1) is 18.3. The molecule has 0 unspecified atom stereocenters. The van der Waals surface area contributed by atoms with Gasteiger partial charge in [-0.3, -0.25) is 19.7 Å². The highest BCUT2D eigenvalue weighted by molar-refractivity contribution is 6.39. The SMILES string of the molecule is Cc1cnc(CNC(=O)C2=NO[C@]3(CCN(CC4CCOCC4)C3)C2)cn1. The molecule has 2 fully saturated rings. The molecular weight excluding hydrogens is 346 g/mol. The summed E-state index contributed by atoms with van der Waals surface area (Å²) >= 11 is 0. The second-order valence-electron chi connectivity index (χ2n) is 7.86. The van der Waals surface area contributed by atoms with Crippen LogP contribution >= 0.6 is 0 Å². The number of likely N-dealkylation sites (tertiary alicyclic amines) is 1. The van der Waals surface area contributed by atoms with E-state index in [4.69, 9.17) is 9.57 Å². The molecule has 8 nitrogen and oxygen atoms in total. The van der Waals surface area contributed by atoms with Gasteiger partial charge in [-0.05, 0) is 25.7 Å². The summed E-state index contributed by atoms with van der Waals surface area (Å²) in [7, 11) is 0. The van der Waals surface area contributed by atoms with Crippen molar-refractivity contribution in [3.63, 3.8) is 0 Å². The van der Waals surface area contributed by atoms with Crippen LogP contribution in [0.3, 0.4) is 0 Å². The molecule has 0 radical (unpaired) electrons. The largest absolute Gasteiger partial charge is 0.387 e. The molecule has 1 aromatic heterocycles. The van der Waals surface area contributed by atoms with Crippen molar-refractivity contribution in [2.24, 2.45) is 11.1 Å². The zero-order valence-electron chi connectivity index (χ0n) is 15.8. The van der Waals surface area contributed by atoms with Gasteiger partial charge >= 0.3 is 0 Å². The molecule has 1 atom stereocenters. The normalized spacial score (nSPS) is 26.2. The summed E-state index contributed by atoms with van der Waals surface area (Å²) in [5.41, 5.74) is 1.73. The number of rotatable bonds is 5. The minimum Gasteiger partial charge on any atom is -0.387 e. The van der Waals surface area contributed by atoms with Gasteiger partial charge in [0.25, 0.3) is 5.91 Å². The zero-order valence-corrected chi connectivity index (χ0v) is 15.8. The van der Waals surface area contributed by atoms with Crippen LogP contribution < -0.4 is 5.32 Å². The predicted octanol–water partition coefficient (Wildman–Crippen LogP) is 1.05. The molecule has 1 amide bonds. The third-order valence-electron chi connectivity index (χ3n) is 5.62. The molecule has 0 saturated carbocycles. The van der Waals surface area contributed by atoms with Gasteiger partial charge in [-0.2, -0.15) is 0 Å². The first-order valence-corrected chi connectivity index (χ1v) is 9.73. The fourth-order valence-electron chi connectivity index (χ4n) is 4.02. The Labute approximate surface area is 159 Å². The molecule has 1 spiro atoms. The highest BCUT2D eigenvalue weighted by atomic mass is 16.7. The van der Waals surface area contributed by atoms with Gasteiger partial charge < -0.3 is 14.9 Å². The Morgan fingerprint density at radius 1 is 1.33 bits per heavy atom. The number of aromatic nitrogens is 2. The van der Waals surface area contributed by atoms with Crippen LogP contribution in [0.15, 0.2) is 17.5 Å². The molecule has 146 valence electrons. The van der Waals surface area contributed by atoms with Crippen molar-refractivity contribution in [2.75, 3.05) is 32.8 Å². The van der Waals surface area contributed by atoms with Crippen LogP contribution in [0.25, 0.3) is 0 Å². The zero-order chi connectivity index (χ0) is 18.7. The summed E-state index contributed by atoms with van der Waals surface area (Å²) < 4.78 is 5.44. The van der Waals surface area contributed by atoms with Crippen LogP contribution in [-0.2, 0) is 20.9 Å². The minimum atomic E-state index is -0.332. The summed E-state index contributed by atoms with van der Waals surface area (Å²) in [5, 5.41) is 6.96. The second-order valence-corrected chi connectivity index (χ2v) is 7.86. The number of ether oxygens (including phenoxy) is 1. The van der Waals surface area contributed by atoms with Crippen LogP contribution in [0, 0.1) is 12.8 Å². The van der Waals surface area contributed by atoms with Gasteiger partial charge in [0.2, 0.25) is 0 Å². The number of oxime groups is 1. The average Bonchev–Trinajstić information content (AvgIpc) is 3.29. The average molecular weight is 373 g/mol. The van der Waals surface area contributed by atoms with Crippen molar-refractivity contribution >= 4 is 11.6 Å². The van der Waals surface area contributed by atoms with Gasteiger partial charge in [0, 0.05) is 51.9 Å². The van der Waals surface area contributed by atoms with Crippen LogP contribution in [0.1, 0.15) is 37.1 Å². The molecule has 1 N–H and O–H groups in total. The highest BCUT2D eigenvalue weighted by Crippen LogP contribution is 2.34. The third kappa shape index (κ3) is 4.44. The van der Waals surface area contributed by atoms with E-state index in [1.54, 1.807) is 12.4 Å². The first-order chi connectivity index (χ1) is 13.1. The monoisotopic (exact) mass is 373 g/mol. The van der Waals surface area contributed by atoms with Gasteiger partial charge in [-0.1, -0.05) is 5.16 Å². The number of carbonyl (C=O) groups excluding carboxylic acids is 1. The lowest BCUT2D eigenvalue weighted by Crippen LogP contribution is -2.38. The van der Waals surface area contributed by atoms with Crippen LogP contribution in [0.5, 0.6) is 0 Å². The van der Waals surface area contributed by atoms with Crippen LogP contribution in [0.4, 0.5) is 0 Å². The number of carbonyl (C=O) groups is 1. The van der Waals surface area contributed by atoms with E-state index >= 15 is 0 Å². The van der Waals surface area contributed by atoms with Crippen molar-refractivity contribution in [1.29, 1.82) is 0 Å². The Morgan fingerprint density at radius 3 is 2.96 bits per heavy atom. The van der Waals surface area contributed by atoms with E-state index in [0.29, 0.717) is 24.6 Å². The summed E-state index contributed by atoms with van der Waals surface area (Å²) in [6.45, 7) is 6.90. The Bertz CT molecular complexity index is 702. The van der Waals surface area contributed by atoms with Gasteiger partial charge in [0.15, 0.2) is 5.60 Å². The lowest BCUT2D eigenvalue weighted by molar-refractivity contribution is -0.115. The topological polar surface area (TPSA) is 88.9 Å². The molecule has 27 heavy (non-hydrogen) atoms. The standard InChI is InChI=1S/C19H27N5O3/c1-14-9-21-16(10-20-14)11-22-18(25)17-8-19(27-23-17)4-5-24(13-19)12-15-2-6-26-7-3-15/h9-10,15H,2-8,11-13H2,1H3,(H,22,25)/t19-/m1/s1. The maximum Gasteiger partial charge on any atom is 0.269 e. The lowest BCUT2D eigenvalue weighted by atomic mass is 9.96. The summed E-state index contributed by atoms with van der Waals surface area (Å²) in [4.78, 5) is 29.1. The second kappa shape index (κ2) is 7.90. The Morgan fingerprint density at radius 2 is 2.19 bits per heavy atom. The maximum atomic E-state index is 12.4. The van der Waals surface area contributed by atoms with Crippen molar-refractivity contribution in [3.05, 3.63) is 23.8 Å². The molecule has 1 aromatic rings. The van der Waals surface area contributed by atoms with E-state index in [2.05, 4.69) is 25.3 Å². The Hall–Kier alpha value is -2.06. The molecule has 8 heteroatoms. The van der Waals surface area contributed by atoms with E-state index in [1.807, 2.05) is 6.92 Å². The summed E-state index contributed by atoms with van der Waals surface area (Å²) in [6.07, 6.45) is 7.13. The first-order valence-electron chi connectivity index (χ1n) is 9.73. The molecule has 4 rings (SSSR count). The van der Waals surface area contributed by atoms with Gasteiger partial charge in [-0.25, -0.2) is 0 Å². The van der Waals surface area contributed by atoms with Crippen molar-refractivity contribution in [3.8, 4) is 0 Å². The Kier molecular flexibility index (Phi) is 5.36. The fraction of sp³-hybridized carbons (Fsp3) is 0.684. The van der Waals surface area contributed by atoms with Crippen molar-refractivity contribution < 1.29 is 14.4 Å². The number of nitrogens with one attached hydrogen (secondary N) is 1. The van der Waals surface area contributed by atoms with Gasteiger partial charge in [-0.15, -0.1) is 0 Å². The van der Waals surface area contributed by atoms with E-state index in [9.17, 15) is 4.79 Å². The number of hydrogen-bond donors (Lipinski definition) is 1. The number of aryl methyl sites for hydroxylation is 1. The molecule has 0 bridgehead atoms. The Balaban J connectivity index is 1.25. The summed E-state index contributed by atoms with van der Waals surface area (Å²) in [6, 6.07) is 0. The minimum absolute atomic E-state index is 0.183. The molecule has 4 heterocycles. The molecule has 0 aliphatic carbocycles. The quantitative estimate of drug-likeness (QED) is 0.830. The molecule has 2 saturated heterocycles. The van der Waals surface area contributed by atoms with Crippen LogP contribution in [0.2, 0.25) is 0 Å². The lowest BCUT2D eigenvalue weighted by Gasteiger charge is -2.27. The molecular formula is C19H27N5O3. The maximum absolute atomic E-state index is 12.4. The van der Waals surface area contributed by atoms with Gasteiger partial charge in [0.05, 0.1) is 24.1 Å². The third-order valence-corrected chi connectivity index (χ3v) is 5.62. The number of nitrogens with zero attached hydrogens (tertiary/aromatic N) is 4. The highest BCUT2D eigenvalue weighted by Gasteiger charge is 2.46. The van der Waals surface area contributed by atoms with Crippen molar-refractivity contribution in [1.82, 2.24) is 20.2 Å². The van der Waals surface area contributed by atoms with E-state index in [-0.39, 0.29) is 11.5 Å². The smallest absolute Gasteiger partial charge is 0.269 e. The molecule has 3 aliphatic rings. The number of hydrogen-bond acceptors (Lipinski definition) is 7. The number of amides is 1. The molecule has 0 aromatic carbocycles. The van der Waals surface area contributed by atoms with E-state index in [1.165, 1.54) is 0 Å². The van der Waals surface area contributed by atoms with Crippen LogP contribution in [-0.4, -0.2) is 64.9 Å².